The molecule has 1 aromatic heterocycles. The number of carbonyl (C=O) groups is 1. The van der Waals surface area contributed by atoms with Crippen LogP contribution in [0.25, 0.3) is 0 Å². The van der Waals surface area contributed by atoms with Crippen molar-refractivity contribution in [1.82, 2.24) is 15.2 Å². The van der Waals surface area contributed by atoms with Gasteiger partial charge in [0.1, 0.15) is 0 Å². The molecule has 1 amide bonds. The molecule has 7 heteroatoms. The average molecular weight is 285 g/mol. The molecule has 19 heavy (non-hydrogen) atoms. The van der Waals surface area contributed by atoms with Crippen LogP contribution in [0.5, 0.6) is 0 Å². The molecule has 1 fully saturated rings. The van der Waals surface area contributed by atoms with Gasteiger partial charge < -0.3 is 15.2 Å². The van der Waals surface area contributed by atoms with Gasteiger partial charge in [-0.05, 0) is 11.6 Å². The Morgan fingerprint density at radius 2 is 2.37 bits per heavy atom. The van der Waals surface area contributed by atoms with Crippen molar-refractivity contribution in [1.29, 1.82) is 0 Å². The van der Waals surface area contributed by atoms with Gasteiger partial charge in [-0.25, -0.2) is 8.42 Å². The monoisotopic (exact) mass is 285 g/mol. The SMILES string of the molecule is Cn1ccc(CNC(=O)CC2CS(=O)(=O)CCN2)c1. The highest BCUT2D eigenvalue weighted by atomic mass is 32.2. The zero-order valence-corrected chi connectivity index (χ0v) is 11.7. The number of nitrogens with zero attached hydrogens (tertiary/aromatic N) is 1. The third kappa shape index (κ3) is 4.36. The molecule has 2 N–H and O–H groups in total. The summed E-state index contributed by atoms with van der Waals surface area (Å²) in [6, 6.07) is 1.67. The van der Waals surface area contributed by atoms with Crippen molar-refractivity contribution >= 4 is 15.7 Å². The lowest BCUT2D eigenvalue weighted by Gasteiger charge is -2.23. The second kappa shape index (κ2) is 5.75. The molecular weight excluding hydrogens is 266 g/mol. The van der Waals surface area contributed by atoms with Crippen molar-refractivity contribution in [3.63, 3.8) is 0 Å². The van der Waals surface area contributed by atoms with Gasteiger partial charge in [-0.2, -0.15) is 0 Å². The first-order valence-electron chi connectivity index (χ1n) is 6.26. The predicted octanol–water partition coefficient (Wildman–Crippen LogP) is -0.582. The van der Waals surface area contributed by atoms with E-state index in [9.17, 15) is 13.2 Å². The fraction of sp³-hybridized carbons (Fsp3) is 0.583. The molecular formula is C12H19N3O3S. The van der Waals surface area contributed by atoms with Gasteiger partial charge in [-0.15, -0.1) is 0 Å². The number of hydrogen-bond acceptors (Lipinski definition) is 4. The van der Waals surface area contributed by atoms with E-state index in [-0.39, 0.29) is 29.9 Å². The number of rotatable bonds is 4. The molecule has 2 rings (SSSR count). The Balaban J connectivity index is 1.78. The Bertz CT molecular complexity index is 550. The molecule has 106 valence electrons. The number of sulfone groups is 1. The summed E-state index contributed by atoms with van der Waals surface area (Å²) >= 11 is 0. The van der Waals surface area contributed by atoms with E-state index in [4.69, 9.17) is 0 Å². The van der Waals surface area contributed by atoms with Crippen LogP contribution in [0, 0.1) is 0 Å². The molecule has 0 spiro atoms. The quantitative estimate of drug-likeness (QED) is 0.775. The molecule has 2 heterocycles. The molecule has 6 nitrogen and oxygen atoms in total. The molecule has 0 bridgehead atoms. The maximum Gasteiger partial charge on any atom is 0.221 e. The van der Waals surface area contributed by atoms with E-state index in [0.717, 1.165) is 5.56 Å². The van der Waals surface area contributed by atoms with Crippen LogP contribution in [0.1, 0.15) is 12.0 Å². The molecule has 0 aliphatic carbocycles. The van der Waals surface area contributed by atoms with Crippen LogP contribution in [-0.2, 0) is 28.2 Å². The van der Waals surface area contributed by atoms with Crippen molar-refractivity contribution in [3.05, 3.63) is 24.0 Å². The van der Waals surface area contributed by atoms with Crippen molar-refractivity contribution in [2.24, 2.45) is 7.05 Å². The number of amides is 1. The smallest absolute Gasteiger partial charge is 0.221 e. The lowest BCUT2D eigenvalue weighted by atomic mass is 10.2. The number of hydrogen-bond donors (Lipinski definition) is 2. The average Bonchev–Trinajstić information content (AvgIpc) is 2.71. The van der Waals surface area contributed by atoms with E-state index in [1.165, 1.54) is 0 Å². The fourth-order valence-electron chi connectivity index (χ4n) is 2.16. The normalized spacial score (nSPS) is 22.1. The standard InChI is InChI=1S/C12H19N3O3S/c1-15-4-2-10(8-15)7-14-12(16)6-11-9-19(17,18)5-3-13-11/h2,4,8,11,13H,3,5-7,9H2,1H3,(H,14,16). The summed E-state index contributed by atoms with van der Waals surface area (Å²) in [4.78, 5) is 11.7. The third-order valence-corrected chi connectivity index (χ3v) is 4.85. The Morgan fingerprint density at radius 1 is 1.58 bits per heavy atom. The molecule has 0 radical (unpaired) electrons. The highest BCUT2D eigenvalue weighted by molar-refractivity contribution is 7.91. The van der Waals surface area contributed by atoms with Gasteiger partial charge in [0.05, 0.1) is 11.5 Å². The lowest BCUT2D eigenvalue weighted by molar-refractivity contribution is -0.121. The Labute approximate surface area is 113 Å². The van der Waals surface area contributed by atoms with E-state index in [0.29, 0.717) is 13.1 Å². The maximum atomic E-state index is 11.7. The van der Waals surface area contributed by atoms with Gasteiger partial charge in [0.2, 0.25) is 5.91 Å². The van der Waals surface area contributed by atoms with Crippen LogP contribution < -0.4 is 10.6 Å². The highest BCUT2D eigenvalue weighted by Gasteiger charge is 2.25. The van der Waals surface area contributed by atoms with Crippen LogP contribution >= 0.6 is 0 Å². The summed E-state index contributed by atoms with van der Waals surface area (Å²) < 4.78 is 24.8. The second-order valence-electron chi connectivity index (χ2n) is 4.93. The first kappa shape index (κ1) is 14.1. The van der Waals surface area contributed by atoms with Gasteiger partial charge in [0.25, 0.3) is 0 Å². The van der Waals surface area contributed by atoms with E-state index < -0.39 is 9.84 Å². The number of aromatic nitrogens is 1. The van der Waals surface area contributed by atoms with Gasteiger partial charge in [-0.1, -0.05) is 0 Å². The predicted molar refractivity (Wildman–Crippen MR) is 72.3 cm³/mol. The summed E-state index contributed by atoms with van der Waals surface area (Å²) in [6.45, 7) is 0.901. The number of nitrogens with one attached hydrogen (secondary N) is 2. The Morgan fingerprint density at radius 3 is 3.00 bits per heavy atom. The van der Waals surface area contributed by atoms with E-state index in [1.807, 2.05) is 30.1 Å². The van der Waals surface area contributed by atoms with Crippen molar-refractivity contribution in [2.45, 2.75) is 19.0 Å². The maximum absolute atomic E-state index is 11.7. The number of carbonyl (C=O) groups excluding carboxylic acids is 1. The largest absolute Gasteiger partial charge is 0.357 e. The van der Waals surface area contributed by atoms with E-state index in [1.54, 1.807) is 0 Å². The topological polar surface area (TPSA) is 80.2 Å². The minimum absolute atomic E-state index is 0.0474. The van der Waals surface area contributed by atoms with Gasteiger partial charge in [0, 0.05) is 45.0 Å². The fourth-order valence-corrected chi connectivity index (χ4v) is 3.60. The van der Waals surface area contributed by atoms with Crippen LogP contribution in [0.2, 0.25) is 0 Å². The minimum atomic E-state index is -2.99. The molecule has 1 aromatic rings. The van der Waals surface area contributed by atoms with Crippen LogP contribution in [0.3, 0.4) is 0 Å². The van der Waals surface area contributed by atoms with E-state index in [2.05, 4.69) is 10.6 Å². The van der Waals surface area contributed by atoms with Crippen LogP contribution in [0.4, 0.5) is 0 Å². The van der Waals surface area contributed by atoms with Crippen molar-refractivity contribution in [3.8, 4) is 0 Å². The molecule has 1 aliphatic rings. The molecule has 1 saturated heterocycles. The first-order valence-corrected chi connectivity index (χ1v) is 8.08. The second-order valence-corrected chi connectivity index (χ2v) is 7.16. The van der Waals surface area contributed by atoms with Gasteiger partial charge in [0.15, 0.2) is 9.84 Å². The summed E-state index contributed by atoms with van der Waals surface area (Å²) in [5.41, 5.74) is 1.03. The highest BCUT2D eigenvalue weighted by Crippen LogP contribution is 2.05. The zero-order chi connectivity index (χ0) is 13.9. The minimum Gasteiger partial charge on any atom is -0.357 e. The zero-order valence-electron chi connectivity index (χ0n) is 10.9. The Kier molecular flexibility index (Phi) is 4.26. The van der Waals surface area contributed by atoms with Crippen LogP contribution in [-0.4, -0.2) is 43.0 Å². The summed E-state index contributed by atoms with van der Waals surface area (Å²) in [7, 11) is -1.07. The summed E-state index contributed by atoms with van der Waals surface area (Å²) in [6.07, 6.45) is 4.05. The van der Waals surface area contributed by atoms with E-state index >= 15 is 0 Å². The summed E-state index contributed by atoms with van der Waals surface area (Å²) in [5, 5.41) is 5.86. The molecule has 0 aromatic carbocycles. The van der Waals surface area contributed by atoms with Gasteiger partial charge >= 0.3 is 0 Å². The molecule has 0 saturated carbocycles. The van der Waals surface area contributed by atoms with Crippen molar-refractivity contribution < 1.29 is 13.2 Å². The Hall–Kier alpha value is -1.34. The molecule has 1 aliphatic heterocycles. The van der Waals surface area contributed by atoms with Gasteiger partial charge in [-0.3, -0.25) is 4.79 Å². The lowest BCUT2D eigenvalue weighted by Crippen LogP contribution is -2.47. The summed E-state index contributed by atoms with van der Waals surface area (Å²) in [5.74, 6) is 0.0828. The third-order valence-electron chi connectivity index (χ3n) is 3.12. The number of aryl methyl sites for hydroxylation is 1. The van der Waals surface area contributed by atoms with Crippen LogP contribution in [0.15, 0.2) is 18.5 Å². The molecule has 1 atom stereocenters. The van der Waals surface area contributed by atoms with Crippen molar-refractivity contribution in [2.75, 3.05) is 18.1 Å². The first-order chi connectivity index (χ1) is 8.94. The molecule has 1 unspecified atom stereocenters.